The molecule has 0 spiro atoms. The molecule has 0 unspecified atom stereocenters. The van der Waals surface area contributed by atoms with Gasteiger partial charge in [0.2, 0.25) is 59.1 Å². The number of hydrogen-bond donors (Lipinski definition) is 17. The molecule has 22 N–H and O–H groups in total. The molecule has 27 heteroatoms. The van der Waals surface area contributed by atoms with E-state index in [0.717, 1.165) is 0 Å². The Labute approximate surface area is 437 Å². The molecular formula is C48H83N15O12. The molecule has 1 aromatic carbocycles. The molecule has 12 atom stereocenters. The minimum absolute atomic E-state index is 0.0513. The van der Waals surface area contributed by atoms with E-state index < -0.39 is 145 Å². The standard InChI is InChI=1S/C48H83N15O12/c1-6-10-30-44(71)63-37(26(4)64)47(74)54-22-17-34(58-41(68)33(16-21-52)59-48(75)38(27(5)65)62-39(66)29(53)13-18-49)43(70)56-32(15-20-51)42(69)61-36(24-28-11-8-7-9-12-28)46(73)60-35(23-25(2)3)45(72)57-31(14-19-50)40(67)55-30/h7-9,11-12,25-27,29-38,64-65H,6,10,13-24,49-53H2,1-5H3,(H,54,74)(H,55,67)(H,56,70)(H,57,72)(H,58,68)(H,59,75)(H,60,73)(H,61,69)(H,62,66)(H,63,71)/t26-,27-,29+,30+,31+,32+,33+,34+,35+,36-,37+,38+/m1/s1. The Morgan fingerprint density at radius 3 is 1.64 bits per heavy atom. The average molecular weight is 1060 g/mol. The summed E-state index contributed by atoms with van der Waals surface area (Å²) in [6.45, 7) is 6.95. The van der Waals surface area contributed by atoms with Gasteiger partial charge in [0.25, 0.3) is 0 Å². The molecule has 1 aromatic rings. The number of amides is 10. The topological polar surface area (TPSA) is 462 Å². The predicted molar refractivity (Wildman–Crippen MR) is 276 cm³/mol. The van der Waals surface area contributed by atoms with Crippen LogP contribution in [0.3, 0.4) is 0 Å². The van der Waals surface area contributed by atoms with E-state index in [4.69, 9.17) is 28.7 Å². The average Bonchev–Trinajstić information content (AvgIpc) is 3.35. The molecular weight excluding hydrogens is 979 g/mol. The second-order valence-corrected chi connectivity index (χ2v) is 19.0. The molecule has 1 aliphatic heterocycles. The van der Waals surface area contributed by atoms with Crippen molar-refractivity contribution >= 4 is 59.1 Å². The Kier molecular flexibility index (Phi) is 29.0. The molecule has 0 aliphatic carbocycles. The maximum atomic E-state index is 14.4. The molecule has 0 aromatic heterocycles. The summed E-state index contributed by atoms with van der Waals surface area (Å²) in [5, 5.41) is 46.6. The van der Waals surface area contributed by atoms with Gasteiger partial charge in [-0.25, -0.2) is 0 Å². The molecule has 75 heavy (non-hydrogen) atoms. The number of aliphatic hydroxyl groups is 2. The van der Waals surface area contributed by atoms with E-state index in [1.54, 1.807) is 51.1 Å². The third-order valence-corrected chi connectivity index (χ3v) is 12.0. The number of rotatable bonds is 22. The van der Waals surface area contributed by atoms with Gasteiger partial charge in [-0.3, -0.25) is 47.9 Å². The van der Waals surface area contributed by atoms with Crippen molar-refractivity contribution in [1.29, 1.82) is 0 Å². The third kappa shape index (κ3) is 22.2. The second kappa shape index (κ2) is 33.5. The minimum atomic E-state index is -1.63. The number of carbonyl (C=O) groups excluding carboxylic acids is 10. The highest BCUT2D eigenvalue weighted by molar-refractivity contribution is 5.99. The monoisotopic (exact) mass is 1060 g/mol. The van der Waals surface area contributed by atoms with E-state index in [1.165, 1.54) is 13.8 Å². The van der Waals surface area contributed by atoms with Crippen molar-refractivity contribution in [3.8, 4) is 0 Å². The van der Waals surface area contributed by atoms with Gasteiger partial charge in [-0.2, -0.15) is 0 Å². The van der Waals surface area contributed by atoms with E-state index in [1.807, 2.05) is 0 Å². The first-order valence-electron chi connectivity index (χ1n) is 25.5. The van der Waals surface area contributed by atoms with Crippen LogP contribution in [-0.4, -0.2) is 175 Å². The highest BCUT2D eigenvalue weighted by atomic mass is 16.3. The Balaban J connectivity index is 2.74. The number of aliphatic hydroxyl groups excluding tert-OH is 2. The Hall–Kier alpha value is -6.36. The summed E-state index contributed by atoms with van der Waals surface area (Å²) in [4.78, 5) is 139. The van der Waals surface area contributed by atoms with Crippen molar-refractivity contribution in [2.75, 3.05) is 32.7 Å². The fourth-order valence-electron chi connectivity index (χ4n) is 7.88. The van der Waals surface area contributed by atoms with Crippen molar-refractivity contribution in [2.24, 2.45) is 34.6 Å². The van der Waals surface area contributed by atoms with Gasteiger partial charge >= 0.3 is 0 Å². The third-order valence-electron chi connectivity index (χ3n) is 12.0. The lowest BCUT2D eigenvalue weighted by molar-refractivity contribution is -0.136. The number of benzene rings is 1. The van der Waals surface area contributed by atoms with E-state index in [2.05, 4.69) is 53.2 Å². The van der Waals surface area contributed by atoms with Crippen molar-refractivity contribution in [3.05, 3.63) is 35.9 Å². The van der Waals surface area contributed by atoms with E-state index in [-0.39, 0.29) is 77.0 Å². The van der Waals surface area contributed by atoms with Gasteiger partial charge in [0, 0.05) is 13.0 Å². The summed E-state index contributed by atoms with van der Waals surface area (Å²) in [6, 6.07) is -5.60. The van der Waals surface area contributed by atoms with E-state index in [9.17, 15) is 58.2 Å². The van der Waals surface area contributed by atoms with Gasteiger partial charge in [-0.05, 0) is 96.5 Å². The maximum Gasteiger partial charge on any atom is 0.245 e. The molecule has 0 bridgehead atoms. The highest BCUT2D eigenvalue weighted by Crippen LogP contribution is 2.11. The van der Waals surface area contributed by atoms with Crippen LogP contribution in [0.15, 0.2) is 30.3 Å². The number of nitrogens with two attached hydrogens (primary N) is 5. The lowest BCUT2D eigenvalue weighted by atomic mass is 10.00. The normalized spacial score (nSPS) is 24.0. The number of nitrogens with one attached hydrogen (secondary N) is 10. The highest BCUT2D eigenvalue weighted by Gasteiger charge is 2.37. The summed E-state index contributed by atoms with van der Waals surface area (Å²) in [5.41, 5.74) is 29.6. The van der Waals surface area contributed by atoms with Gasteiger partial charge in [-0.1, -0.05) is 57.5 Å². The molecule has 0 saturated carbocycles. The molecule has 1 fully saturated rings. The van der Waals surface area contributed by atoms with Crippen LogP contribution in [0.4, 0.5) is 0 Å². The lowest BCUT2D eigenvalue weighted by Crippen LogP contribution is -2.61. The van der Waals surface area contributed by atoms with Crippen molar-refractivity contribution in [2.45, 2.75) is 165 Å². The number of hydrogen-bond acceptors (Lipinski definition) is 17. The Morgan fingerprint density at radius 1 is 0.613 bits per heavy atom. The summed E-state index contributed by atoms with van der Waals surface area (Å²) < 4.78 is 0. The van der Waals surface area contributed by atoms with Crippen LogP contribution < -0.4 is 81.8 Å². The fourth-order valence-corrected chi connectivity index (χ4v) is 7.88. The molecule has 27 nitrogen and oxygen atoms in total. The first-order chi connectivity index (χ1) is 35.5. The van der Waals surface area contributed by atoms with Gasteiger partial charge in [0.15, 0.2) is 0 Å². The van der Waals surface area contributed by atoms with Crippen molar-refractivity contribution < 1.29 is 58.2 Å². The summed E-state index contributed by atoms with van der Waals surface area (Å²) in [5.74, 6) is -9.11. The van der Waals surface area contributed by atoms with Crippen molar-refractivity contribution in [3.63, 3.8) is 0 Å². The molecule has 1 aliphatic rings. The summed E-state index contributed by atoms with van der Waals surface area (Å²) in [7, 11) is 0. The van der Waals surface area contributed by atoms with Crippen LogP contribution in [0.25, 0.3) is 0 Å². The van der Waals surface area contributed by atoms with Gasteiger partial charge in [0.05, 0.1) is 18.2 Å². The van der Waals surface area contributed by atoms with Crippen molar-refractivity contribution in [1.82, 2.24) is 53.2 Å². The largest absolute Gasteiger partial charge is 0.391 e. The zero-order valence-corrected chi connectivity index (χ0v) is 43.7. The molecule has 422 valence electrons. The molecule has 10 amide bonds. The molecule has 2 rings (SSSR count). The molecule has 1 saturated heterocycles. The van der Waals surface area contributed by atoms with Crippen LogP contribution in [-0.2, 0) is 54.4 Å². The van der Waals surface area contributed by atoms with Crippen LogP contribution in [0, 0.1) is 5.92 Å². The van der Waals surface area contributed by atoms with E-state index >= 15 is 0 Å². The smallest absolute Gasteiger partial charge is 0.245 e. The lowest BCUT2D eigenvalue weighted by Gasteiger charge is -2.28. The Bertz CT molecular complexity index is 2050. The quantitative estimate of drug-likeness (QED) is 0.0513. The number of carbonyl (C=O) groups is 10. The van der Waals surface area contributed by atoms with E-state index in [0.29, 0.717) is 12.0 Å². The minimum Gasteiger partial charge on any atom is -0.391 e. The van der Waals surface area contributed by atoms with Gasteiger partial charge in [-0.15, -0.1) is 0 Å². The van der Waals surface area contributed by atoms with Crippen LogP contribution in [0.2, 0.25) is 0 Å². The van der Waals surface area contributed by atoms with Gasteiger partial charge < -0.3 is 92.0 Å². The maximum absolute atomic E-state index is 14.4. The summed E-state index contributed by atoms with van der Waals surface area (Å²) in [6.07, 6.45) is -3.52. The van der Waals surface area contributed by atoms with Crippen LogP contribution in [0.5, 0.6) is 0 Å². The zero-order valence-electron chi connectivity index (χ0n) is 43.7. The fraction of sp³-hybridized carbons (Fsp3) is 0.667. The summed E-state index contributed by atoms with van der Waals surface area (Å²) >= 11 is 0. The Morgan fingerprint density at radius 2 is 1.12 bits per heavy atom. The second-order valence-electron chi connectivity index (χ2n) is 19.0. The first kappa shape index (κ1) is 64.8. The first-order valence-corrected chi connectivity index (χ1v) is 25.5. The predicted octanol–water partition coefficient (Wildman–Crippen LogP) is -6.56. The molecule has 0 radical (unpaired) electrons. The van der Waals surface area contributed by atoms with Gasteiger partial charge in [0.1, 0.15) is 54.4 Å². The zero-order chi connectivity index (χ0) is 56.4. The SMILES string of the molecule is CCC[C@@H]1NC(=O)[C@H](CCN)NC(=O)[C@H](CC(C)C)NC(=O)[C@@H](Cc2ccccc2)NC(=O)[C@H](CCN)NC(=O)[C@@H](NC(=O)[C@H](CCN)NC(=O)[C@@H](NC(=O)[C@@H](N)CCN)[C@@H](C)O)CCNC(=O)[C@H]([C@@H](C)O)NC1=O. The van der Waals surface area contributed by atoms with Crippen LogP contribution in [0.1, 0.15) is 91.5 Å². The van der Waals surface area contributed by atoms with Crippen LogP contribution >= 0.6 is 0 Å². The molecule has 1 heterocycles.